The first kappa shape index (κ1) is 17.5. The highest BCUT2D eigenvalue weighted by Gasteiger charge is 2.32. The minimum atomic E-state index is 0.487. The molecule has 0 aromatic carbocycles. The molecule has 19 heavy (non-hydrogen) atoms. The Morgan fingerprint density at radius 3 is 2.32 bits per heavy atom. The minimum absolute atomic E-state index is 0.487. The van der Waals surface area contributed by atoms with Crippen LogP contribution < -0.4 is 0 Å². The molecule has 0 aromatic heterocycles. The Morgan fingerprint density at radius 2 is 1.79 bits per heavy atom. The molecule has 1 fully saturated rings. The van der Waals surface area contributed by atoms with Crippen LogP contribution >= 0.6 is 15.9 Å². The second kappa shape index (κ2) is 8.63. The lowest BCUT2D eigenvalue weighted by atomic mass is 9.80. The molecule has 0 amide bonds. The summed E-state index contributed by atoms with van der Waals surface area (Å²) in [6, 6.07) is 0.694. The molecule has 0 aromatic rings. The molecule has 0 saturated carbocycles. The summed E-state index contributed by atoms with van der Waals surface area (Å²) in [6.45, 7) is 12.1. The molecule has 0 N–H and O–H groups in total. The van der Waals surface area contributed by atoms with E-state index >= 15 is 0 Å². The predicted molar refractivity (Wildman–Crippen MR) is 89.2 cm³/mol. The van der Waals surface area contributed by atoms with Gasteiger partial charge in [0.1, 0.15) is 0 Å². The Labute approximate surface area is 129 Å². The Hall–Kier alpha value is 0.400. The fourth-order valence-electron chi connectivity index (χ4n) is 3.61. The zero-order valence-corrected chi connectivity index (χ0v) is 15.0. The van der Waals surface area contributed by atoms with Crippen molar-refractivity contribution < 1.29 is 0 Å². The van der Waals surface area contributed by atoms with Crippen molar-refractivity contribution in [3.8, 4) is 0 Å². The number of likely N-dealkylation sites (N-methyl/N-ethyl adjacent to an activating group) is 1. The van der Waals surface area contributed by atoms with E-state index in [9.17, 15) is 0 Å². The lowest BCUT2D eigenvalue weighted by Gasteiger charge is -2.39. The van der Waals surface area contributed by atoms with E-state index in [1.807, 2.05) is 0 Å². The van der Waals surface area contributed by atoms with Gasteiger partial charge in [-0.25, -0.2) is 0 Å². The molecule has 1 rings (SSSR count). The molecule has 1 atom stereocenters. The first-order valence-corrected chi connectivity index (χ1v) is 9.17. The van der Waals surface area contributed by atoms with Gasteiger partial charge in [-0.15, -0.1) is 0 Å². The summed E-state index contributed by atoms with van der Waals surface area (Å²) in [5.41, 5.74) is 0.487. The topological polar surface area (TPSA) is 6.48 Å². The van der Waals surface area contributed by atoms with Gasteiger partial charge in [0.2, 0.25) is 0 Å². The third-order valence-electron chi connectivity index (χ3n) is 4.57. The van der Waals surface area contributed by atoms with Crippen LogP contribution in [-0.4, -0.2) is 54.4 Å². The molecular formula is C16H33BrN2. The zero-order valence-electron chi connectivity index (χ0n) is 13.4. The van der Waals surface area contributed by atoms with E-state index in [0.717, 1.165) is 5.33 Å². The minimum Gasteiger partial charge on any atom is -0.305 e. The van der Waals surface area contributed by atoms with E-state index in [4.69, 9.17) is 0 Å². The fraction of sp³-hybridized carbons (Fsp3) is 1.00. The van der Waals surface area contributed by atoms with E-state index in [1.165, 1.54) is 58.3 Å². The number of hydrogen-bond acceptors (Lipinski definition) is 2. The number of nitrogens with zero attached hydrogens (tertiary/aromatic N) is 2. The fourth-order valence-corrected chi connectivity index (χ4v) is 4.35. The Morgan fingerprint density at radius 1 is 1.16 bits per heavy atom. The van der Waals surface area contributed by atoms with Gasteiger partial charge in [0.25, 0.3) is 0 Å². The lowest BCUT2D eigenvalue weighted by Crippen LogP contribution is -2.45. The van der Waals surface area contributed by atoms with E-state index < -0.39 is 0 Å². The van der Waals surface area contributed by atoms with Crippen molar-refractivity contribution in [1.29, 1.82) is 0 Å². The van der Waals surface area contributed by atoms with Crippen LogP contribution in [0.3, 0.4) is 0 Å². The number of halogens is 1. The highest BCUT2D eigenvalue weighted by atomic mass is 79.9. The van der Waals surface area contributed by atoms with Crippen LogP contribution in [0.25, 0.3) is 0 Å². The summed E-state index contributed by atoms with van der Waals surface area (Å²) < 4.78 is 0. The summed E-state index contributed by atoms with van der Waals surface area (Å²) in [6.07, 6.45) is 6.62. The smallest absolute Gasteiger partial charge is 0.0195 e. The van der Waals surface area contributed by atoms with E-state index in [0.29, 0.717) is 11.5 Å². The first-order chi connectivity index (χ1) is 9.06. The normalized spacial score (nSPS) is 23.5. The van der Waals surface area contributed by atoms with Gasteiger partial charge in [-0.3, -0.25) is 4.90 Å². The van der Waals surface area contributed by atoms with Crippen LogP contribution in [0.15, 0.2) is 0 Å². The van der Waals surface area contributed by atoms with Crippen LogP contribution in [0, 0.1) is 5.41 Å². The molecule has 1 heterocycles. The van der Waals surface area contributed by atoms with Crippen molar-refractivity contribution in [3.05, 3.63) is 0 Å². The van der Waals surface area contributed by atoms with Gasteiger partial charge >= 0.3 is 0 Å². The molecule has 0 aliphatic carbocycles. The molecule has 1 aliphatic rings. The monoisotopic (exact) mass is 332 g/mol. The van der Waals surface area contributed by atoms with Crippen molar-refractivity contribution >= 4 is 15.9 Å². The molecule has 0 radical (unpaired) electrons. The van der Waals surface area contributed by atoms with Gasteiger partial charge < -0.3 is 4.90 Å². The zero-order chi connectivity index (χ0) is 14.3. The van der Waals surface area contributed by atoms with E-state index in [-0.39, 0.29) is 0 Å². The lowest BCUT2D eigenvalue weighted by molar-refractivity contribution is 0.114. The standard InChI is InChI=1S/C16H33BrN2/c1-5-8-16(13-17,9-6-2)14-19-11-7-10-18(4)12-15(19)3/h15H,5-14H2,1-4H3. The first-order valence-electron chi connectivity index (χ1n) is 8.05. The van der Waals surface area contributed by atoms with Crippen molar-refractivity contribution in [3.63, 3.8) is 0 Å². The van der Waals surface area contributed by atoms with Gasteiger partial charge in [0.15, 0.2) is 0 Å². The maximum atomic E-state index is 3.82. The summed E-state index contributed by atoms with van der Waals surface area (Å²) in [5.74, 6) is 0. The summed E-state index contributed by atoms with van der Waals surface area (Å²) in [4.78, 5) is 5.23. The van der Waals surface area contributed by atoms with Crippen LogP contribution in [0.5, 0.6) is 0 Å². The summed E-state index contributed by atoms with van der Waals surface area (Å²) in [5, 5.41) is 1.15. The average molecular weight is 333 g/mol. The molecule has 1 aliphatic heterocycles. The molecular weight excluding hydrogens is 300 g/mol. The Kier molecular flexibility index (Phi) is 7.93. The van der Waals surface area contributed by atoms with Crippen molar-refractivity contribution in [1.82, 2.24) is 9.80 Å². The van der Waals surface area contributed by atoms with Gasteiger partial charge in [0, 0.05) is 24.5 Å². The van der Waals surface area contributed by atoms with Crippen LogP contribution in [0.4, 0.5) is 0 Å². The van der Waals surface area contributed by atoms with Gasteiger partial charge in [0.05, 0.1) is 0 Å². The van der Waals surface area contributed by atoms with E-state index in [2.05, 4.69) is 53.5 Å². The van der Waals surface area contributed by atoms with Crippen LogP contribution in [-0.2, 0) is 0 Å². The largest absolute Gasteiger partial charge is 0.305 e. The van der Waals surface area contributed by atoms with Crippen LogP contribution in [0.2, 0.25) is 0 Å². The molecule has 1 saturated heterocycles. The third-order valence-corrected chi connectivity index (χ3v) is 5.76. The van der Waals surface area contributed by atoms with Crippen molar-refractivity contribution in [2.24, 2.45) is 5.41 Å². The Balaban J connectivity index is 2.70. The SMILES string of the molecule is CCCC(CBr)(CCC)CN1CCCN(C)CC1C. The summed E-state index contributed by atoms with van der Waals surface area (Å²) in [7, 11) is 2.26. The van der Waals surface area contributed by atoms with Crippen molar-refractivity contribution in [2.75, 3.05) is 38.6 Å². The quantitative estimate of drug-likeness (QED) is 0.650. The maximum Gasteiger partial charge on any atom is 0.0195 e. The Bertz CT molecular complexity index is 239. The number of alkyl halides is 1. The second-order valence-electron chi connectivity index (χ2n) is 6.57. The number of hydrogen-bond donors (Lipinski definition) is 0. The third kappa shape index (κ3) is 5.35. The van der Waals surface area contributed by atoms with Gasteiger partial charge in [-0.2, -0.15) is 0 Å². The van der Waals surface area contributed by atoms with Gasteiger partial charge in [-0.05, 0) is 51.7 Å². The predicted octanol–water partition coefficient (Wildman–Crippen LogP) is 3.99. The molecule has 114 valence electrons. The molecule has 0 spiro atoms. The molecule has 3 heteroatoms. The van der Waals surface area contributed by atoms with Gasteiger partial charge in [-0.1, -0.05) is 42.6 Å². The van der Waals surface area contributed by atoms with Crippen molar-refractivity contribution in [2.45, 2.75) is 58.9 Å². The molecule has 2 nitrogen and oxygen atoms in total. The maximum absolute atomic E-state index is 3.82. The number of rotatable bonds is 7. The average Bonchev–Trinajstić information content (AvgIpc) is 2.52. The second-order valence-corrected chi connectivity index (χ2v) is 7.13. The highest BCUT2D eigenvalue weighted by Crippen LogP contribution is 2.34. The highest BCUT2D eigenvalue weighted by molar-refractivity contribution is 9.09. The summed E-state index contributed by atoms with van der Waals surface area (Å²) >= 11 is 3.82. The molecule has 1 unspecified atom stereocenters. The molecule has 0 bridgehead atoms. The van der Waals surface area contributed by atoms with Crippen LogP contribution in [0.1, 0.15) is 52.9 Å². The van der Waals surface area contributed by atoms with E-state index in [1.54, 1.807) is 0 Å².